The Morgan fingerprint density at radius 3 is 2.70 bits per heavy atom. The predicted octanol–water partition coefficient (Wildman–Crippen LogP) is 1.17. The number of aliphatic hydroxyl groups excluding tert-OH is 1. The molecule has 0 aliphatic carbocycles. The van der Waals surface area contributed by atoms with E-state index in [9.17, 15) is 0 Å². The van der Waals surface area contributed by atoms with Crippen LogP contribution in [0.2, 0.25) is 0 Å². The maximum absolute atomic E-state index is 8.86. The van der Waals surface area contributed by atoms with Crippen LogP contribution in [-0.4, -0.2) is 28.5 Å². The minimum Gasteiger partial charge on any atom is -0.501 e. The van der Waals surface area contributed by atoms with Gasteiger partial charge in [-0.25, -0.2) is 0 Å². The average molecular weight is 179 g/mol. The zero-order valence-corrected chi connectivity index (χ0v) is 7.71. The lowest BCUT2D eigenvalue weighted by atomic mass is 10.3. The molecule has 2 nitrogen and oxygen atoms in total. The zero-order valence-electron chi connectivity index (χ0n) is 6.00. The van der Waals surface area contributed by atoms with Crippen molar-refractivity contribution in [3.8, 4) is 0 Å². The fourth-order valence-corrected chi connectivity index (χ4v) is 1.14. The Balaban J connectivity index is 3.50. The standard InChI is InChI=1S/C6H13NOS2/c1-2-3-7-5(4-9)6(8)10/h5,7,9H,2-4H2,1H3,(H,8,10)/t5-/m0/s1. The van der Waals surface area contributed by atoms with Crippen LogP contribution in [0, 0.1) is 0 Å². The molecule has 0 aromatic heterocycles. The van der Waals surface area contributed by atoms with E-state index in [1.165, 1.54) is 0 Å². The van der Waals surface area contributed by atoms with Gasteiger partial charge in [-0.3, -0.25) is 0 Å². The van der Waals surface area contributed by atoms with Crippen molar-refractivity contribution >= 4 is 29.9 Å². The van der Waals surface area contributed by atoms with Crippen molar-refractivity contribution in [1.82, 2.24) is 5.32 Å². The lowest BCUT2D eigenvalue weighted by Gasteiger charge is -2.11. The Labute approximate surface area is 72.4 Å². The molecule has 0 aromatic carbocycles. The van der Waals surface area contributed by atoms with E-state index in [1.807, 2.05) is 0 Å². The SMILES string of the molecule is CCCN[C@@H](CS)C(O)=S. The molecule has 2 N–H and O–H groups in total. The van der Waals surface area contributed by atoms with Crippen LogP contribution in [0.4, 0.5) is 0 Å². The van der Waals surface area contributed by atoms with Gasteiger partial charge in [-0.15, -0.1) is 0 Å². The van der Waals surface area contributed by atoms with Gasteiger partial charge in [-0.1, -0.05) is 6.92 Å². The summed E-state index contributed by atoms with van der Waals surface area (Å²) in [7, 11) is 0. The highest BCUT2D eigenvalue weighted by Crippen LogP contribution is 1.90. The van der Waals surface area contributed by atoms with Crippen molar-refractivity contribution in [2.45, 2.75) is 19.4 Å². The van der Waals surface area contributed by atoms with Crippen LogP contribution in [0.3, 0.4) is 0 Å². The molecule has 0 heterocycles. The minimum atomic E-state index is -0.127. The first-order valence-corrected chi connectivity index (χ1v) is 4.33. The molecule has 0 spiro atoms. The van der Waals surface area contributed by atoms with Gasteiger partial charge in [0.25, 0.3) is 0 Å². The van der Waals surface area contributed by atoms with Crippen LogP contribution < -0.4 is 5.32 Å². The monoisotopic (exact) mass is 179 g/mol. The largest absolute Gasteiger partial charge is 0.501 e. The highest BCUT2D eigenvalue weighted by atomic mass is 32.1. The van der Waals surface area contributed by atoms with E-state index in [0.29, 0.717) is 5.75 Å². The molecule has 60 valence electrons. The second-order valence-corrected chi connectivity index (χ2v) is 2.81. The molecular weight excluding hydrogens is 166 g/mol. The Morgan fingerprint density at radius 2 is 2.40 bits per heavy atom. The van der Waals surface area contributed by atoms with Gasteiger partial charge in [-0.2, -0.15) is 12.6 Å². The van der Waals surface area contributed by atoms with Gasteiger partial charge in [0.15, 0.2) is 5.05 Å². The van der Waals surface area contributed by atoms with Crippen molar-refractivity contribution in [1.29, 1.82) is 0 Å². The van der Waals surface area contributed by atoms with Crippen molar-refractivity contribution in [3.63, 3.8) is 0 Å². The van der Waals surface area contributed by atoms with E-state index in [4.69, 9.17) is 5.11 Å². The second-order valence-electron chi connectivity index (χ2n) is 2.03. The number of hydrogen-bond donors (Lipinski definition) is 3. The number of rotatable bonds is 5. The van der Waals surface area contributed by atoms with E-state index in [2.05, 4.69) is 37.1 Å². The molecule has 0 radical (unpaired) electrons. The van der Waals surface area contributed by atoms with Crippen LogP contribution >= 0.6 is 24.8 Å². The normalized spacial score (nSPS) is 13.0. The molecule has 0 unspecified atom stereocenters. The molecule has 0 amide bonds. The third-order valence-corrected chi connectivity index (χ3v) is 1.77. The Kier molecular flexibility index (Phi) is 6.06. The summed E-state index contributed by atoms with van der Waals surface area (Å²) in [6.07, 6.45) is 1.03. The van der Waals surface area contributed by atoms with E-state index in [0.717, 1.165) is 13.0 Å². The summed E-state index contributed by atoms with van der Waals surface area (Å²) in [6.45, 7) is 2.93. The number of nitrogens with one attached hydrogen (secondary N) is 1. The first-order valence-electron chi connectivity index (χ1n) is 3.29. The van der Waals surface area contributed by atoms with Gasteiger partial charge >= 0.3 is 0 Å². The van der Waals surface area contributed by atoms with Gasteiger partial charge in [0.2, 0.25) is 0 Å². The highest BCUT2D eigenvalue weighted by Gasteiger charge is 2.08. The molecule has 0 aromatic rings. The van der Waals surface area contributed by atoms with Gasteiger partial charge < -0.3 is 10.4 Å². The molecule has 0 saturated carbocycles. The first kappa shape index (κ1) is 10.2. The molecule has 0 aliphatic heterocycles. The highest BCUT2D eigenvalue weighted by molar-refractivity contribution is 7.81. The van der Waals surface area contributed by atoms with Gasteiger partial charge in [0, 0.05) is 5.75 Å². The van der Waals surface area contributed by atoms with Crippen molar-refractivity contribution in [2.75, 3.05) is 12.3 Å². The molecule has 1 atom stereocenters. The maximum Gasteiger partial charge on any atom is 0.174 e. The van der Waals surface area contributed by atoms with Crippen LogP contribution in [0.1, 0.15) is 13.3 Å². The Morgan fingerprint density at radius 1 is 1.80 bits per heavy atom. The summed E-state index contributed by atoms with van der Waals surface area (Å²) in [5.41, 5.74) is 0. The molecule has 0 rings (SSSR count). The minimum absolute atomic E-state index is 0.00319. The second kappa shape index (κ2) is 5.95. The third-order valence-electron chi connectivity index (χ3n) is 1.12. The van der Waals surface area contributed by atoms with Crippen LogP contribution in [0.25, 0.3) is 0 Å². The number of aliphatic hydroxyl groups is 1. The lowest BCUT2D eigenvalue weighted by Crippen LogP contribution is -2.37. The lowest BCUT2D eigenvalue weighted by molar-refractivity contribution is 0.507. The summed E-state index contributed by atoms with van der Waals surface area (Å²) in [5, 5.41) is 11.9. The van der Waals surface area contributed by atoms with E-state index >= 15 is 0 Å². The number of thiocarbonyl (C=S) groups is 1. The Hall–Kier alpha value is 0.200. The molecule has 0 fully saturated rings. The molecule has 10 heavy (non-hydrogen) atoms. The summed E-state index contributed by atoms with van der Waals surface area (Å²) in [4.78, 5) is 0. The van der Waals surface area contributed by atoms with Gasteiger partial charge in [-0.05, 0) is 25.2 Å². The topological polar surface area (TPSA) is 32.3 Å². The zero-order chi connectivity index (χ0) is 7.98. The van der Waals surface area contributed by atoms with Gasteiger partial charge in [0.05, 0.1) is 6.04 Å². The van der Waals surface area contributed by atoms with E-state index < -0.39 is 0 Å². The Bertz CT molecular complexity index is 108. The summed E-state index contributed by atoms with van der Waals surface area (Å²) in [5.74, 6) is 0.551. The van der Waals surface area contributed by atoms with Crippen LogP contribution in [0.15, 0.2) is 0 Å². The van der Waals surface area contributed by atoms with E-state index in [1.54, 1.807) is 0 Å². The molecule has 0 saturated heterocycles. The van der Waals surface area contributed by atoms with Crippen LogP contribution in [0.5, 0.6) is 0 Å². The molecule has 4 heteroatoms. The van der Waals surface area contributed by atoms with Crippen LogP contribution in [-0.2, 0) is 0 Å². The summed E-state index contributed by atoms with van der Waals surface area (Å²) in [6, 6.07) is -0.127. The van der Waals surface area contributed by atoms with Crippen molar-refractivity contribution in [2.24, 2.45) is 0 Å². The maximum atomic E-state index is 8.86. The summed E-state index contributed by atoms with van der Waals surface area (Å²) < 4.78 is 0. The quantitative estimate of drug-likeness (QED) is 0.437. The molecule has 0 aliphatic rings. The number of hydrogen-bond acceptors (Lipinski definition) is 3. The smallest absolute Gasteiger partial charge is 0.174 e. The fourth-order valence-electron chi connectivity index (χ4n) is 0.549. The van der Waals surface area contributed by atoms with Crippen molar-refractivity contribution in [3.05, 3.63) is 0 Å². The molecule has 0 bridgehead atoms. The predicted molar refractivity (Wildman–Crippen MR) is 51.2 cm³/mol. The van der Waals surface area contributed by atoms with Gasteiger partial charge in [0.1, 0.15) is 0 Å². The first-order chi connectivity index (χ1) is 4.72. The average Bonchev–Trinajstić information content (AvgIpc) is 1.89. The van der Waals surface area contributed by atoms with Crippen molar-refractivity contribution < 1.29 is 5.11 Å². The third kappa shape index (κ3) is 4.09. The molecular formula is C6H13NOS2. The summed E-state index contributed by atoms with van der Waals surface area (Å²) >= 11 is 8.59. The fraction of sp³-hybridized carbons (Fsp3) is 0.833. The van der Waals surface area contributed by atoms with E-state index in [-0.39, 0.29) is 11.1 Å². The number of thiol groups is 1.